The van der Waals surface area contributed by atoms with Crippen LogP contribution in [0.4, 0.5) is 8.78 Å². The number of halogens is 2. The Morgan fingerprint density at radius 2 is 1.97 bits per heavy atom. The molecule has 7 nitrogen and oxygen atoms in total. The van der Waals surface area contributed by atoms with Gasteiger partial charge < -0.3 is 10.1 Å². The average molecular weight is 413 g/mol. The molecule has 0 aliphatic heterocycles. The van der Waals surface area contributed by atoms with Crippen LogP contribution >= 0.6 is 0 Å². The van der Waals surface area contributed by atoms with E-state index in [1.165, 1.54) is 13.2 Å². The van der Waals surface area contributed by atoms with E-state index in [1.54, 1.807) is 24.8 Å². The van der Waals surface area contributed by atoms with Crippen LogP contribution in [0.15, 0.2) is 43.1 Å². The molecule has 1 aromatic carbocycles. The van der Waals surface area contributed by atoms with Crippen molar-refractivity contribution in [2.75, 3.05) is 7.11 Å². The molecule has 0 spiro atoms. The smallest absolute Gasteiger partial charge is 0.258 e. The number of nitrogens with zero attached hydrogens (tertiary/aromatic N) is 4. The van der Waals surface area contributed by atoms with Gasteiger partial charge in [-0.15, -0.1) is 0 Å². The van der Waals surface area contributed by atoms with Gasteiger partial charge in [0.25, 0.3) is 5.91 Å². The number of hydrogen-bond acceptors (Lipinski definition) is 5. The van der Waals surface area contributed by atoms with E-state index in [1.807, 2.05) is 10.9 Å². The summed E-state index contributed by atoms with van der Waals surface area (Å²) in [5.41, 5.74) is 1.25. The molecule has 0 saturated heterocycles. The Hall–Kier alpha value is -3.36. The third-order valence-corrected chi connectivity index (χ3v) is 5.37. The largest absolute Gasteiger partial charge is 0.496 e. The lowest BCUT2D eigenvalue weighted by Gasteiger charge is -2.29. The number of aromatic nitrogens is 4. The minimum atomic E-state index is -1.20. The standard InChI is InChI=1S/C21H21F2N5O2/c1-30-18-7-6-16(22)20(23)19(18)21(29)27-14-2-4-15(5-3-14)28-12-13(10-26-28)17-11-24-8-9-25-17/h6-12,14-15H,2-5H2,1H3,(H,27,29). The molecule has 1 aliphatic carbocycles. The predicted octanol–water partition coefficient (Wildman–Crippen LogP) is 3.54. The van der Waals surface area contributed by atoms with Crippen molar-refractivity contribution in [2.24, 2.45) is 0 Å². The first kappa shape index (κ1) is 19.9. The van der Waals surface area contributed by atoms with Crippen LogP contribution in [0.3, 0.4) is 0 Å². The first-order valence-electron chi connectivity index (χ1n) is 9.70. The summed E-state index contributed by atoms with van der Waals surface area (Å²) in [6.45, 7) is 0. The Morgan fingerprint density at radius 1 is 1.17 bits per heavy atom. The van der Waals surface area contributed by atoms with Gasteiger partial charge in [-0.25, -0.2) is 8.78 Å². The lowest BCUT2D eigenvalue weighted by atomic mass is 9.91. The van der Waals surface area contributed by atoms with Crippen LogP contribution in [0, 0.1) is 11.6 Å². The fourth-order valence-corrected chi connectivity index (χ4v) is 3.78. The number of carbonyl (C=O) groups excluding carboxylic acids is 1. The maximum absolute atomic E-state index is 14.1. The minimum Gasteiger partial charge on any atom is -0.496 e. The topological polar surface area (TPSA) is 81.9 Å². The molecular formula is C21H21F2N5O2. The molecule has 1 saturated carbocycles. The Bertz CT molecular complexity index is 1030. The van der Waals surface area contributed by atoms with Crippen LogP contribution in [0.1, 0.15) is 42.1 Å². The van der Waals surface area contributed by atoms with E-state index < -0.39 is 23.1 Å². The number of nitrogens with one attached hydrogen (secondary N) is 1. The molecule has 2 aromatic heterocycles. The fourth-order valence-electron chi connectivity index (χ4n) is 3.78. The second kappa shape index (κ2) is 8.56. The number of ether oxygens (including phenoxy) is 1. The summed E-state index contributed by atoms with van der Waals surface area (Å²) in [6, 6.07) is 2.26. The predicted molar refractivity (Wildman–Crippen MR) is 105 cm³/mol. The van der Waals surface area contributed by atoms with Crippen molar-refractivity contribution in [1.82, 2.24) is 25.1 Å². The molecule has 0 bridgehead atoms. The summed E-state index contributed by atoms with van der Waals surface area (Å²) >= 11 is 0. The Morgan fingerprint density at radius 3 is 2.67 bits per heavy atom. The highest BCUT2D eigenvalue weighted by Gasteiger charge is 2.27. The first-order chi connectivity index (χ1) is 14.6. The Labute approximate surface area is 172 Å². The van der Waals surface area contributed by atoms with Crippen molar-refractivity contribution < 1.29 is 18.3 Å². The molecule has 3 aromatic rings. The van der Waals surface area contributed by atoms with Crippen LogP contribution in [0.5, 0.6) is 5.75 Å². The van der Waals surface area contributed by atoms with Crippen molar-refractivity contribution in [3.05, 3.63) is 60.3 Å². The molecule has 9 heteroatoms. The van der Waals surface area contributed by atoms with E-state index in [4.69, 9.17) is 4.74 Å². The zero-order valence-electron chi connectivity index (χ0n) is 16.4. The molecule has 30 heavy (non-hydrogen) atoms. The SMILES string of the molecule is COc1ccc(F)c(F)c1C(=O)NC1CCC(n2cc(-c3cnccn3)cn2)CC1. The molecule has 4 rings (SSSR count). The van der Waals surface area contributed by atoms with Gasteiger partial charge in [0.2, 0.25) is 0 Å². The number of methoxy groups -OCH3 is 1. The number of hydrogen-bond donors (Lipinski definition) is 1. The van der Waals surface area contributed by atoms with Crippen molar-refractivity contribution in [2.45, 2.75) is 37.8 Å². The van der Waals surface area contributed by atoms with Gasteiger partial charge in [-0.1, -0.05) is 0 Å². The van der Waals surface area contributed by atoms with E-state index in [-0.39, 0.29) is 17.8 Å². The number of benzene rings is 1. The molecule has 1 fully saturated rings. The lowest BCUT2D eigenvalue weighted by molar-refractivity contribution is 0.0913. The normalized spacial score (nSPS) is 18.8. The summed E-state index contributed by atoms with van der Waals surface area (Å²) in [5.74, 6) is -2.94. The van der Waals surface area contributed by atoms with Gasteiger partial charge >= 0.3 is 0 Å². The summed E-state index contributed by atoms with van der Waals surface area (Å²) in [6.07, 6.45) is 11.7. The van der Waals surface area contributed by atoms with E-state index in [9.17, 15) is 13.6 Å². The van der Waals surface area contributed by atoms with Gasteiger partial charge in [0.15, 0.2) is 11.6 Å². The van der Waals surface area contributed by atoms with Gasteiger partial charge in [0.05, 0.1) is 31.2 Å². The van der Waals surface area contributed by atoms with E-state index in [0.717, 1.165) is 30.2 Å². The van der Waals surface area contributed by atoms with E-state index in [2.05, 4.69) is 20.4 Å². The van der Waals surface area contributed by atoms with Crippen LogP contribution in [-0.4, -0.2) is 38.8 Å². The van der Waals surface area contributed by atoms with Gasteiger partial charge in [0, 0.05) is 30.2 Å². The molecule has 2 heterocycles. The van der Waals surface area contributed by atoms with Crippen LogP contribution in [0.2, 0.25) is 0 Å². The minimum absolute atomic E-state index is 0.00756. The number of rotatable bonds is 5. The van der Waals surface area contributed by atoms with Crippen LogP contribution in [0.25, 0.3) is 11.3 Å². The van der Waals surface area contributed by atoms with Crippen molar-refractivity contribution in [3.63, 3.8) is 0 Å². The highest BCUT2D eigenvalue weighted by atomic mass is 19.2. The van der Waals surface area contributed by atoms with Crippen LogP contribution < -0.4 is 10.1 Å². The van der Waals surface area contributed by atoms with Crippen LogP contribution in [-0.2, 0) is 0 Å². The summed E-state index contributed by atoms with van der Waals surface area (Å²) in [7, 11) is 1.31. The second-order valence-electron chi connectivity index (χ2n) is 7.22. The van der Waals surface area contributed by atoms with Gasteiger partial charge in [0.1, 0.15) is 11.3 Å². The van der Waals surface area contributed by atoms with Crippen molar-refractivity contribution in [3.8, 4) is 17.0 Å². The Balaban J connectivity index is 1.38. The van der Waals surface area contributed by atoms with E-state index >= 15 is 0 Å². The van der Waals surface area contributed by atoms with Gasteiger partial charge in [-0.05, 0) is 37.8 Å². The molecule has 0 unspecified atom stereocenters. The highest BCUT2D eigenvalue weighted by molar-refractivity contribution is 5.97. The molecule has 0 atom stereocenters. The Kier molecular flexibility index (Phi) is 5.69. The quantitative estimate of drug-likeness (QED) is 0.692. The lowest BCUT2D eigenvalue weighted by Crippen LogP contribution is -2.38. The molecule has 0 radical (unpaired) electrons. The maximum atomic E-state index is 14.1. The summed E-state index contributed by atoms with van der Waals surface area (Å²) in [4.78, 5) is 20.9. The third-order valence-electron chi connectivity index (χ3n) is 5.37. The summed E-state index contributed by atoms with van der Waals surface area (Å²) < 4.78 is 34.6. The third kappa shape index (κ3) is 4.00. The maximum Gasteiger partial charge on any atom is 0.258 e. The fraction of sp³-hybridized carbons (Fsp3) is 0.333. The molecule has 1 amide bonds. The van der Waals surface area contributed by atoms with Crippen molar-refractivity contribution in [1.29, 1.82) is 0 Å². The molecular weight excluding hydrogens is 392 g/mol. The summed E-state index contributed by atoms with van der Waals surface area (Å²) in [5, 5.41) is 7.26. The van der Waals surface area contributed by atoms with Gasteiger partial charge in [-0.2, -0.15) is 5.10 Å². The average Bonchev–Trinajstić information content (AvgIpc) is 3.27. The molecule has 156 valence electrons. The molecule has 1 N–H and O–H groups in total. The number of carbonyl (C=O) groups is 1. The molecule has 1 aliphatic rings. The zero-order chi connectivity index (χ0) is 21.1. The van der Waals surface area contributed by atoms with Crippen molar-refractivity contribution >= 4 is 5.91 Å². The second-order valence-corrected chi connectivity index (χ2v) is 7.22. The first-order valence-corrected chi connectivity index (χ1v) is 9.70. The van der Waals surface area contributed by atoms with Gasteiger partial charge in [-0.3, -0.25) is 19.4 Å². The number of amides is 1. The monoisotopic (exact) mass is 413 g/mol. The zero-order valence-corrected chi connectivity index (χ0v) is 16.4. The highest BCUT2D eigenvalue weighted by Crippen LogP contribution is 2.30. The van der Waals surface area contributed by atoms with E-state index in [0.29, 0.717) is 12.8 Å².